The van der Waals surface area contributed by atoms with Crippen LogP contribution >= 0.6 is 23.1 Å². The number of H-pyrrole nitrogens is 1. The van der Waals surface area contributed by atoms with Crippen molar-refractivity contribution in [2.75, 3.05) is 12.3 Å². The normalized spacial score (nSPS) is 11.1. The molecule has 0 spiro atoms. The quantitative estimate of drug-likeness (QED) is 0.430. The van der Waals surface area contributed by atoms with Crippen molar-refractivity contribution in [2.24, 2.45) is 0 Å². The van der Waals surface area contributed by atoms with Crippen LogP contribution in [-0.2, 0) is 12.2 Å². The molecule has 5 nitrogen and oxygen atoms in total. The number of furan rings is 1. The van der Waals surface area contributed by atoms with Crippen molar-refractivity contribution in [2.45, 2.75) is 12.2 Å². The van der Waals surface area contributed by atoms with Crippen LogP contribution < -0.4 is 5.32 Å². The number of nitrogens with one attached hydrogen (secondary N) is 2. The number of aromatic amines is 1. The third kappa shape index (κ3) is 4.26. The Morgan fingerprint density at radius 1 is 1.26 bits per heavy atom. The van der Waals surface area contributed by atoms with Gasteiger partial charge in [-0.3, -0.25) is 4.79 Å². The molecule has 7 heteroatoms. The third-order valence-electron chi connectivity index (χ3n) is 4.24. The average Bonchev–Trinajstić information content (AvgIpc) is 3.43. The van der Waals surface area contributed by atoms with Gasteiger partial charge in [0.1, 0.15) is 11.4 Å². The summed E-state index contributed by atoms with van der Waals surface area (Å²) in [5.74, 6) is 2.63. The molecule has 2 N–H and O–H groups in total. The summed E-state index contributed by atoms with van der Waals surface area (Å²) in [6.07, 6.45) is 6.09. The van der Waals surface area contributed by atoms with E-state index in [0.717, 1.165) is 45.2 Å². The summed E-state index contributed by atoms with van der Waals surface area (Å²) >= 11 is 3.23. The highest BCUT2D eigenvalue weighted by atomic mass is 32.2. The van der Waals surface area contributed by atoms with Crippen LogP contribution in [0.5, 0.6) is 0 Å². The Kier molecular flexibility index (Phi) is 5.60. The molecular weight excluding hydrogens is 378 g/mol. The van der Waals surface area contributed by atoms with Crippen LogP contribution in [0.15, 0.2) is 58.8 Å². The lowest BCUT2D eigenvalue weighted by Crippen LogP contribution is -2.25. The first-order valence-electron chi connectivity index (χ1n) is 8.67. The first kappa shape index (κ1) is 17.9. The van der Waals surface area contributed by atoms with Crippen molar-refractivity contribution in [3.8, 4) is 0 Å². The molecule has 0 aliphatic rings. The number of thioether (sulfide) groups is 1. The Labute approximate surface area is 165 Å². The number of carbonyl (C=O) groups is 1. The highest BCUT2D eigenvalue weighted by Crippen LogP contribution is 2.24. The molecule has 4 rings (SSSR count). The molecule has 4 heterocycles. The molecule has 138 valence electrons. The van der Waals surface area contributed by atoms with E-state index in [-0.39, 0.29) is 5.91 Å². The number of hydrogen-bond acceptors (Lipinski definition) is 5. The fraction of sp³-hybridized carbons (Fsp3) is 0.200. The van der Waals surface area contributed by atoms with Crippen LogP contribution in [0.4, 0.5) is 0 Å². The van der Waals surface area contributed by atoms with E-state index in [1.54, 1.807) is 24.2 Å². The lowest BCUT2D eigenvalue weighted by atomic mass is 10.0. The fourth-order valence-corrected chi connectivity index (χ4v) is 4.53. The van der Waals surface area contributed by atoms with Gasteiger partial charge in [-0.05, 0) is 53.3 Å². The van der Waals surface area contributed by atoms with Crippen molar-refractivity contribution in [1.82, 2.24) is 15.3 Å². The molecule has 0 saturated carbocycles. The zero-order valence-corrected chi connectivity index (χ0v) is 16.2. The molecule has 4 aromatic heterocycles. The summed E-state index contributed by atoms with van der Waals surface area (Å²) in [6, 6.07) is 9.93. The zero-order valence-electron chi connectivity index (χ0n) is 14.6. The predicted molar refractivity (Wildman–Crippen MR) is 110 cm³/mol. The Hall–Kier alpha value is -2.51. The molecule has 0 aromatic carbocycles. The molecule has 0 aliphatic carbocycles. The minimum atomic E-state index is -0.00188. The van der Waals surface area contributed by atoms with Gasteiger partial charge in [-0.15, -0.1) is 11.3 Å². The lowest BCUT2D eigenvalue weighted by Gasteiger charge is -2.07. The molecule has 0 unspecified atom stereocenters. The Morgan fingerprint density at radius 3 is 3.11 bits per heavy atom. The monoisotopic (exact) mass is 397 g/mol. The topological polar surface area (TPSA) is 70.9 Å². The van der Waals surface area contributed by atoms with Crippen LogP contribution in [0, 0.1) is 0 Å². The Bertz CT molecular complexity index is 1020. The van der Waals surface area contributed by atoms with Gasteiger partial charge in [0, 0.05) is 30.1 Å². The number of pyridine rings is 1. The molecule has 0 aliphatic heterocycles. The van der Waals surface area contributed by atoms with Gasteiger partial charge in [-0.1, -0.05) is 0 Å². The van der Waals surface area contributed by atoms with E-state index in [9.17, 15) is 4.79 Å². The van der Waals surface area contributed by atoms with Gasteiger partial charge in [0.2, 0.25) is 0 Å². The summed E-state index contributed by atoms with van der Waals surface area (Å²) in [7, 11) is 0. The maximum atomic E-state index is 12.6. The number of hydrogen-bond donors (Lipinski definition) is 2. The summed E-state index contributed by atoms with van der Waals surface area (Å²) in [5, 5.41) is 6.10. The van der Waals surface area contributed by atoms with Gasteiger partial charge in [0.25, 0.3) is 5.91 Å². The molecule has 0 atom stereocenters. The standard InChI is InChI=1S/C20H19N3O2S2/c24-20(23-8-11-26-13-16-2-1-9-25-16)18-15(5-10-27-18)12-14-3-6-21-19-17(14)4-7-22-19/h1-7,9-10H,8,11-13H2,(H,21,22)(H,23,24). The van der Waals surface area contributed by atoms with E-state index in [4.69, 9.17) is 4.42 Å². The van der Waals surface area contributed by atoms with E-state index in [1.165, 1.54) is 16.9 Å². The van der Waals surface area contributed by atoms with Crippen molar-refractivity contribution < 1.29 is 9.21 Å². The van der Waals surface area contributed by atoms with Crippen LogP contribution in [0.2, 0.25) is 0 Å². The predicted octanol–water partition coefficient (Wildman–Crippen LogP) is 4.47. The second-order valence-corrected chi connectivity index (χ2v) is 8.07. The first-order chi connectivity index (χ1) is 13.3. The third-order valence-corrected chi connectivity index (χ3v) is 6.18. The first-order valence-corrected chi connectivity index (χ1v) is 10.7. The smallest absolute Gasteiger partial charge is 0.261 e. The lowest BCUT2D eigenvalue weighted by molar-refractivity contribution is 0.0959. The Morgan fingerprint density at radius 2 is 2.22 bits per heavy atom. The van der Waals surface area contributed by atoms with E-state index in [2.05, 4.69) is 15.3 Å². The summed E-state index contributed by atoms with van der Waals surface area (Å²) in [6.45, 7) is 0.638. The van der Waals surface area contributed by atoms with Gasteiger partial charge >= 0.3 is 0 Å². The van der Waals surface area contributed by atoms with Crippen molar-refractivity contribution in [3.05, 3.63) is 76.1 Å². The number of nitrogens with zero attached hydrogens (tertiary/aromatic N) is 1. The zero-order chi connectivity index (χ0) is 18.5. The second kappa shape index (κ2) is 8.45. The van der Waals surface area contributed by atoms with Crippen molar-refractivity contribution in [1.29, 1.82) is 0 Å². The minimum Gasteiger partial charge on any atom is -0.468 e. The highest BCUT2D eigenvalue weighted by Gasteiger charge is 2.14. The Balaban J connectivity index is 1.34. The van der Waals surface area contributed by atoms with E-state index in [0.29, 0.717) is 6.54 Å². The van der Waals surface area contributed by atoms with Crippen molar-refractivity contribution in [3.63, 3.8) is 0 Å². The van der Waals surface area contributed by atoms with Crippen LogP contribution in [-0.4, -0.2) is 28.2 Å². The number of carbonyl (C=O) groups excluding carboxylic acids is 1. The van der Waals surface area contributed by atoms with E-state index >= 15 is 0 Å². The number of fused-ring (bicyclic) bond motifs is 1. The van der Waals surface area contributed by atoms with Crippen LogP contribution in [0.1, 0.15) is 26.6 Å². The number of aromatic nitrogens is 2. The fourth-order valence-electron chi connectivity index (χ4n) is 2.94. The molecule has 1 amide bonds. The molecule has 0 radical (unpaired) electrons. The molecule has 4 aromatic rings. The van der Waals surface area contributed by atoms with Crippen LogP contribution in [0.3, 0.4) is 0 Å². The van der Waals surface area contributed by atoms with E-state index < -0.39 is 0 Å². The molecular formula is C20H19N3O2S2. The van der Waals surface area contributed by atoms with E-state index in [1.807, 2.05) is 41.9 Å². The second-order valence-electron chi connectivity index (χ2n) is 6.05. The average molecular weight is 398 g/mol. The molecule has 0 bridgehead atoms. The van der Waals surface area contributed by atoms with Gasteiger partial charge in [-0.2, -0.15) is 11.8 Å². The van der Waals surface area contributed by atoms with Crippen molar-refractivity contribution >= 4 is 40.0 Å². The van der Waals surface area contributed by atoms with Gasteiger partial charge in [0.15, 0.2) is 0 Å². The molecule has 27 heavy (non-hydrogen) atoms. The van der Waals surface area contributed by atoms with Gasteiger partial charge < -0.3 is 14.7 Å². The van der Waals surface area contributed by atoms with Crippen LogP contribution in [0.25, 0.3) is 11.0 Å². The highest BCUT2D eigenvalue weighted by molar-refractivity contribution is 7.98. The van der Waals surface area contributed by atoms with Gasteiger partial charge in [-0.25, -0.2) is 4.98 Å². The number of thiophene rings is 1. The maximum absolute atomic E-state index is 12.6. The minimum absolute atomic E-state index is 0.00188. The number of amides is 1. The summed E-state index contributed by atoms with van der Waals surface area (Å²) in [4.78, 5) is 20.8. The van der Waals surface area contributed by atoms with Gasteiger partial charge in [0.05, 0.1) is 16.9 Å². The summed E-state index contributed by atoms with van der Waals surface area (Å²) < 4.78 is 5.30. The maximum Gasteiger partial charge on any atom is 0.261 e. The molecule has 0 fully saturated rings. The largest absolute Gasteiger partial charge is 0.468 e. The summed E-state index contributed by atoms with van der Waals surface area (Å²) in [5.41, 5.74) is 3.10. The SMILES string of the molecule is O=C(NCCSCc1ccco1)c1sccc1Cc1ccnc2[nH]ccc12. The number of rotatable bonds is 8. The molecule has 0 saturated heterocycles.